The first kappa shape index (κ1) is 10.9. The molecule has 0 heterocycles. The second-order valence-corrected chi connectivity index (χ2v) is 4.03. The molecule has 2 aromatic carbocycles. The summed E-state index contributed by atoms with van der Waals surface area (Å²) < 4.78 is 9.50. The van der Waals surface area contributed by atoms with Gasteiger partial charge in [0.15, 0.2) is 0 Å². The van der Waals surface area contributed by atoms with Crippen LogP contribution in [0.3, 0.4) is 0 Å². The smallest absolute Gasteiger partial charge is 0.119 e. The molecule has 0 aliphatic rings. The molecule has 0 unspecified atom stereocenters. The Balaban J connectivity index is 1.94. The van der Waals surface area contributed by atoms with E-state index in [-0.39, 0.29) is 0 Å². The molecule has 2 aromatic rings. The average molecular weight is 230 g/mol. The van der Waals surface area contributed by atoms with Crippen LogP contribution in [-0.2, 0) is 0 Å². The van der Waals surface area contributed by atoms with E-state index in [1.54, 1.807) is 7.11 Å². The van der Waals surface area contributed by atoms with Crippen molar-refractivity contribution in [2.45, 2.75) is 4.90 Å². The van der Waals surface area contributed by atoms with Gasteiger partial charge in [-0.2, -0.15) is 0 Å². The summed E-state index contributed by atoms with van der Waals surface area (Å²) in [5.41, 5.74) is 0.939. The maximum atomic E-state index is 5.08. The van der Waals surface area contributed by atoms with Crippen molar-refractivity contribution >= 4 is 17.6 Å². The van der Waals surface area contributed by atoms with Crippen LogP contribution >= 0.6 is 11.9 Å². The molecule has 0 saturated carbocycles. The van der Waals surface area contributed by atoms with Gasteiger partial charge in [-0.15, -0.1) is 0 Å². The zero-order valence-electron chi connectivity index (χ0n) is 8.96. The summed E-state index contributed by atoms with van der Waals surface area (Å²) in [6, 6.07) is 17.8. The van der Waals surface area contributed by atoms with E-state index >= 15 is 0 Å². The molecule has 0 bridgehead atoms. The van der Waals surface area contributed by atoms with Gasteiger partial charge < -0.3 is 4.74 Å². The Morgan fingerprint density at radius 1 is 0.938 bits per heavy atom. The zero-order chi connectivity index (χ0) is 11.2. The minimum atomic E-state index is 0.851. The van der Waals surface area contributed by atoms with E-state index in [4.69, 9.17) is 4.74 Å². The molecule has 16 heavy (non-hydrogen) atoms. The Bertz CT molecular complexity index is 427. The molecule has 0 aliphatic carbocycles. The highest BCUT2D eigenvalue weighted by atomic mass is 32.2. The van der Waals surface area contributed by atoms with Crippen LogP contribution < -0.4 is 9.46 Å². The van der Waals surface area contributed by atoms with E-state index in [9.17, 15) is 0 Å². The highest BCUT2D eigenvalue weighted by Crippen LogP contribution is 2.22. The molecule has 0 saturated heterocycles. The summed E-state index contributed by atoms with van der Waals surface area (Å²) in [5.74, 6) is 0.851. The molecule has 1 radical (unpaired) electrons. The SMILES string of the molecule is COc1ccc([N]Sc2ccccc2)cc1. The monoisotopic (exact) mass is 230 g/mol. The first-order valence-electron chi connectivity index (χ1n) is 4.95. The fraction of sp³-hybridized carbons (Fsp3) is 0.0769. The van der Waals surface area contributed by atoms with E-state index in [2.05, 4.69) is 4.72 Å². The van der Waals surface area contributed by atoms with Gasteiger partial charge in [-0.3, -0.25) is 0 Å². The Kier molecular flexibility index (Phi) is 3.72. The number of ether oxygens (including phenoxy) is 1. The predicted octanol–water partition coefficient (Wildman–Crippen LogP) is 3.64. The largest absolute Gasteiger partial charge is 0.497 e. The number of methoxy groups -OCH3 is 1. The molecule has 3 heteroatoms. The molecular weight excluding hydrogens is 218 g/mol. The molecule has 0 atom stereocenters. The third kappa shape index (κ3) is 2.94. The van der Waals surface area contributed by atoms with Crippen LogP contribution in [0.5, 0.6) is 5.75 Å². The van der Waals surface area contributed by atoms with Crippen molar-refractivity contribution in [3.63, 3.8) is 0 Å². The second-order valence-electron chi connectivity index (χ2n) is 3.19. The standard InChI is InChI=1S/C13H12NOS/c1-15-12-9-7-11(8-10-12)14-16-13-5-3-2-4-6-13/h2-10H,1H3. The van der Waals surface area contributed by atoms with Crippen LogP contribution in [0.25, 0.3) is 0 Å². The van der Waals surface area contributed by atoms with Crippen LogP contribution in [0.2, 0.25) is 0 Å². The van der Waals surface area contributed by atoms with Gasteiger partial charge in [-0.05, 0) is 36.4 Å². The normalized spacial score (nSPS) is 9.81. The highest BCUT2D eigenvalue weighted by Gasteiger charge is 1.97. The molecule has 81 valence electrons. The quantitative estimate of drug-likeness (QED) is 0.748. The van der Waals surface area contributed by atoms with Crippen molar-refractivity contribution in [1.29, 1.82) is 0 Å². The minimum absolute atomic E-state index is 0.851. The van der Waals surface area contributed by atoms with Crippen molar-refractivity contribution < 1.29 is 4.74 Å². The fourth-order valence-electron chi connectivity index (χ4n) is 1.23. The highest BCUT2D eigenvalue weighted by molar-refractivity contribution is 7.97. The van der Waals surface area contributed by atoms with Crippen LogP contribution in [0.1, 0.15) is 0 Å². The molecule has 0 fully saturated rings. The van der Waals surface area contributed by atoms with Crippen molar-refractivity contribution in [3.05, 3.63) is 54.6 Å². The van der Waals surface area contributed by atoms with E-state index in [1.807, 2.05) is 54.6 Å². The van der Waals surface area contributed by atoms with Gasteiger partial charge in [-0.25, -0.2) is 4.72 Å². The van der Waals surface area contributed by atoms with Crippen LogP contribution in [0.4, 0.5) is 5.69 Å². The summed E-state index contributed by atoms with van der Waals surface area (Å²) in [7, 11) is 1.66. The number of rotatable bonds is 4. The Morgan fingerprint density at radius 3 is 2.25 bits per heavy atom. The molecule has 0 N–H and O–H groups in total. The van der Waals surface area contributed by atoms with Crippen molar-refractivity contribution in [2.24, 2.45) is 0 Å². The Morgan fingerprint density at radius 2 is 1.62 bits per heavy atom. The summed E-state index contributed by atoms with van der Waals surface area (Å²) >= 11 is 1.47. The lowest BCUT2D eigenvalue weighted by Crippen LogP contribution is -1.86. The molecule has 2 nitrogen and oxygen atoms in total. The second kappa shape index (κ2) is 5.47. The molecule has 0 spiro atoms. The van der Waals surface area contributed by atoms with Gasteiger partial charge in [0.2, 0.25) is 0 Å². The van der Waals surface area contributed by atoms with Gasteiger partial charge in [0.1, 0.15) is 5.75 Å². The van der Waals surface area contributed by atoms with Crippen molar-refractivity contribution in [2.75, 3.05) is 7.11 Å². The topological polar surface area (TPSA) is 23.3 Å². The van der Waals surface area contributed by atoms with Crippen LogP contribution in [-0.4, -0.2) is 7.11 Å². The van der Waals surface area contributed by atoms with E-state index in [0.717, 1.165) is 16.3 Å². The zero-order valence-corrected chi connectivity index (χ0v) is 9.78. The third-order valence-corrected chi connectivity index (χ3v) is 2.86. The van der Waals surface area contributed by atoms with E-state index in [1.165, 1.54) is 11.9 Å². The molecular formula is C13H12NOS. The van der Waals surface area contributed by atoms with Crippen LogP contribution in [0.15, 0.2) is 59.5 Å². The van der Waals surface area contributed by atoms with Crippen molar-refractivity contribution in [3.8, 4) is 5.75 Å². The van der Waals surface area contributed by atoms with Crippen molar-refractivity contribution in [1.82, 2.24) is 4.72 Å². The third-order valence-electron chi connectivity index (χ3n) is 2.07. The van der Waals surface area contributed by atoms with Gasteiger partial charge in [0, 0.05) is 16.8 Å². The lowest BCUT2D eigenvalue weighted by molar-refractivity contribution is 0.415. The summed E-state index contributed by atoms with van der Waals surface area (Å²) in [4.78, 5) is 1.14. The number of hydrogen-bond donors (Lipinski definition) is 0. The maximum absolute atomic E-state index is 5.08. The Labute approximate surface area is 99.8 Å². The number of hydrogen-bond acceptors (Lipinski definition) is 2. The summed E-state index contributed by atoms with van der Waals surface area (Å²) in [5, 5.41) is 0. The van der Waals surface area contributed by atoms with Gasteiger partial charge in [-0.1, -0.05) is 18.2 Å². The van der Waals surface area contributed by atoms with Crippen LogP contribution in [0, 0.1) is 0 Å². The van der Waals surface area contributed by atoms with E-state index in [0.29, 0.717) is 0 Å². The Hall–Kier alpha value is -1.61. The average Bonchev–Trinajstić information content (AvgIpc) is 2.38. The van der Waals surface area contributed by atoms with Gasteiger partial charge in [0.25, 0.3) is 0 Å². The molecule has 0 aliphatic heterocycles. The summed E-state index contributed by atoms with van der Waals surface area (Å²) in [6.45, 7) is 0. The molecule has 0 amide bonds. The lowest BCUT2D eigenvalue weighted by Gasteiger charge is -2.03. The minimum Gasteiger partial charge on any atom is -0.497 e. The lowest BCUT2D eigenvalue weighted by atomic mass is 10.3. The predicted molar refractivity (Wildman–Crippen MR) is 67.1 cm³/mol. The van der Waals surface area contributed by atoms with Gasteiger partial charge in [0.05, 0.1) is 12.8 Å². The summed E-state index contributed by atoms with van der Waals surface area (Å²) in [6.07, 6.45) is 0. The molecule has 2 rings (SSSR count). The van der Waals surface area contributed by atoms with Gasteiger partial charge >= 0.3 is 0 Å². The first-order valence-corrected chi connectivity index (χ1v) is 5.73. The fourth-order valence-corrected chi connectivity index (χ4v) is 1.84. The maximum Gasteiger partial charge on any atom is 0.119 e. The van der Waals surface area contributed by atoms with E-state index < -0.39 is 0 Å². The number of nitrogens with zero attached hydrogens (tertiary/aromatic N) is 1. The number of benzene rings is 2. The first-order chi connectivity index (χ1) is 7.88. The molecule has 0 aromatic heterocycles.